The number of anilines is 2. The summed E-state index contributed by atoms with van der Waals surface area (Å²) in [6.07, 6.45) is 0. The Morgan fingerprint density at radius 3 is 1.25 bits per heavy atom. The molecule has 0 aliphatic rings. The molecule has 0 aliphatic heterocycles. The molecular formula is C21H25N2P. The molecule has 0 fully saturated rings. The normalized spacial score (nSPS) is 9.58. The zero-order valence-corrected chi connectivity index (χ0v) is 15.2. The van der Waals surface area contributed by atoms with Crippen LogP contribution in [0, 0.1) is 0 Å². The standard InChI is InChI=1S/C20H20N2.CH5P/c1-3-9-17(10-4-1)15-21-19-13-7-8-14-20(19)22-16-18-11-5-2-6-12-18;1-2/h1-14,21-22H,15-16H2;2H2,1H3. The lowest BCUT2D eigenvalue weighted by Gasteiger charge is -2.14. The second-order valence-electron chi connectivity index (χ2n) is 5.22. The Labute approximate surface area is 147 Å². The molecule has 0 aromatic heterocycles. The first-order valence-corrected chi connectivity index (χ1v) is 9.29. The third-order valence-electron chi connectivity index (χ3n) is 3.58. The van der Waals surface area contributed by atoms with Gasteiger partial charge in [-0.05, 0) is 23.3 Å². The van der Waals surface area contributed by atoms with E-state index in [9.17, 15) is 0 Å². The fourth-order valence-electron chi connectivity index (χ4n) is 2.38. The largest absolute Gasteiger partial charge is 0.379 e. The van der Waals surface area contributed by atoms with Crippen LogP contribution >= 0.6 is 9.24 Å². The molecule has 0 saturated heterocycles. The van der Waals surface area contributed by atoms with Crippen molar-refractivity contribution in [2.45, 2.75) is 13.1 Å². The number of para-hydroxylation sites is 2. The highest BCUT2D eigenvalue weighted by molar-refractivity contribution is 7.15. The monoisotopic (exact) mass is 336 g/mol. The topological polar surface area (TPSA) is 24.1 Å². The van der Waals surface area contributed by atoms with E-state index in [0.29, 0.717) is 0 Å². The van der Waals surface area contributed by atoms with Crippen LogP contribution < -0.4 is 10.6 Å². The molecule has 0 spiro atoms. The maximum atomic E-state index is 3.50. The second kappa shape index (κ2) is 10.5. The number of hydrogen-bond donors (Lipinski definition) is 2. The van der Waals surface area contributed by atoms with Crippen molar-refractivity contribution in [1.82, 2.24) is 0 Å². The van der Waals surface area contributed by atoms with E-state index in [0.717, 1.165) is 24.5 Å². The zero-order valence-electron chi connectivity index (χ0n) is 14.1. The van der Waals surface area contributed by atoms with Gasteiger partial charge in [-0.3, -0.25) is 0 Å². The number of hydrogen-bond acceptors (Lipinski definition) is 2. The van der Waals surface area contributed by atoms with Gasteiger partial charge in [0, 0.05) is 13.1 Å². The van der Waals surface area contributed by atoms with E-state index in [4.69, 9.17) is 0 Å². The van der Waals surface area contributed by atoms with Gasteiger partial charge in [0.2, 0.25) is 0 Å². The molecule has 1 atom stereocenters. The van der Waals surface area contributed by atoms with Gasteiger partial charge in [0.1, 0.15) is 0 Å². The zero-order chi connectivity index (χ0) is 17.0. The molecule has 0 radical (unpaired) electrons. The second-order valence-corrected chi connectivity index (χ2v) is 5.22. The molecule has 0 saturated carbocycles. The predicted molar refractivity (Wildman–Crippen MR) is 110 cm³/mol. The number of rotatable bonds is 6. The van der Waals surface area contributed by atoms with Crippen molar-refractivity contribution < 1.29 is 0 Å². The molecule has 2 N–H and O–H groups in total. The fraction of sp³-hybridized carbons (Fsp3) is 0.143. The van der Waals surface area contributed by atoms with Gasteiger partial charge in [-0.1, -0.05) is 79.5 Å². The summed E-state index contributed by atoms with van der Waals surface area (Å²) in [7, 11) is 2.42. The summed E-state index contributed by atoms with van der Waals surface area (Å²) < 4.78 is 0. The van der Waals surface area contributed by atoms with Gasteiger partial charge in [0.05, 0.1) is 11.4 Å². The molecule has 0 bridgehead atoms. The summed E-state index contributed by atoms with van der Waals surface area (Å²) in [6.45, 7) is 3.57. The van der Waals surface area contributed by atoms with Crippen molar-refractivity contribution >= 4 is 20.6 Å². The summed E-state index contributed by atoms with van der Waals surface area (Å²) in [6, 6.07) is 29.2. The minimum absolute atomic E-state index is 0.824. The van der Waals surface area contributed by atoms with Crippen LogP contribution in [0.4, 0.5) is 11.4 Å². The Hall–Kier alpha value is -2.31. The molecule has 1 unspecified atom stereocenters. The van der Waals surface area contributed by atoms with Crippen molar-refractivity contribution in [2.75, 3.05) is 17.3 Å². The fourth-order valence-corrected chi connectivity index (χ4v) is 2.38. The van der Waals surface area contributed by atoms with Crippen molar-refractivity contribution in [3.63, 3.8) is 0 Å². The first-order valence-electron chi connectivity index (χ1n) is 8.14. The van der Waals surface area contributed by atoms with Crippen LogP contribution in [0.25, 0.3) is 0 Å². The molecule has 0 amide bonds. The highest BCUT2D eigenvalue weighted by Gasteiger charge is 2.01. The van der Waals surface area contributed by atoms with Gasteiger partial charge in [-0.15, -0.1) is 9.24 Å². The minimum atomic E-state index is 0.824. The Balaban J connectivity index is 0.00000100. The van der Waals surface area contributed by atoms with Crippen molar-refractivity contribution in [3.05, 3.63) is 96.1 Å². The summed E-state index contributed by atoms with van der Waals surface area (Å²) >= 11 is 0. The van der Waals surface area contributed by atoms with Gasteiger partial charge in [0.15, 0.2) is 0 Å². The molecule has 124 valence electrons. The lowest BCUT2D eigenvalue weighted by atomic mass is 10.2. The van der Waals surface area contributed by atoms with Crippen LogP contribution in [0.1, 0.15) is 11.1 Å². The summed E-state index contributed by atoms with van der Waals surface area (Å²) in [5.74, 6) is 0. The van der Waals surface area contributed by atoms with Crippen molar-refractivity contribution in [3.8, 4) is 0 Å². The molecule has 0 aliphatic carbocycles. The molecule has 24 heavy (non-hydrogen) atoms. The Morgan fingerprint density at radius 2 is 0.875 bits per heavy atom. The van der Waals surface area contributed by atoms with Crippen LogP contribution in [0.3, 0.4) is 0 Å². The number of benzene rings is 3. The molecule has 3 rings (SSSR count). The highest BCUT2D eigenvalue weighted by Crippen LogP contribution is 2.22. The third-order valence-corrected chi connectivity index (χ3v) is 3.58. The van der Waals surface area contributed by atoms with E-state index in [1.54, 1.807) is 0 Å². The first kappa shape index (κ1) is 18.0. The number of nitrogens with one attached hydrogen (secondary N) is 2. The average Bonchev–Trinajstić information content (AvgIpc) is 2.68. The van der Waals surface area contributed by atoms with E-state index in [1.165, 1.54) is 11.1 Å². The maximum absolute atomic E-state index is 3.50. The van der Waals surface area contributed by atoms with Crippen molar-refractivity contribution in [2.24, 2.45) is 0 Å². The quantitative estimate of drug-likeness (QED) is 0.589. The first-order chi connectivity index (χ1) is 11.9. The summed E-state index contributed by atoms with van der Waals surface area (Å²) in [4.78, 5) is 0. The summed E-state index contributed by atoms with van der Waals surface area (Å²) in [5, 5.41) is 7.01. The Bertz CT molecular complexity index is 637. The van der Waals surface area contributed by atoms with Gasteiger partial charge in [0.25, 0.3) is 0 Å². The minimum Gasteiger partial charge on any atom is -0.379 e. The van der Waals surface area contributed by atoms with Crippen molar-refractivity contribution in [1.29, 1.82) is 0 Å². The van der Waals surface area contributed by atoms with Gasteiger partial charge in [-0.25, -0.2) is 0 Å². The van der Waals surface area contributed by atoms with Crippen LogP contribution in [-0.4, -0.2) is 6.66 Å². The summed E-state index contributed by atoms with van der Waals surface area (Å²) in [5.41, 5.74) is 4.81. The van der Waals surface area contributed by atoms with E-state index in [1.807, 2.05) is 18.8 Å². The predicted octanol–water partition coefficient (Wildman–Crippen LogP) is 5.40. The lowest BCUT2D eigenvalue weighted by molar-refractivity contribution is 1.12. The van der Waals surface area contributed by atoms with E-state index in [-0.39, 0.29) is 0 Å². The van der Waals surface area contributed by atoms with E-state index >= 15 is 0 Å². The molecular weight excluding hydrogens is 311 g/mol. The average molecular weight is 336 g/mol. The van der Waals surface area contributed by atoms with Crippen LogP contribution in [-0.2, 0) is 13.1 Å². The lowest BCUT2D eigenvalue weighted by Crippen LogP contribution is -2.05. The maximum Gasteiger partial charge on any atom is 0.0578 e. The van der Waals surface area contributed by atoms with Crippen LogP contribution in [0.15, 0.2) is 84.9 Å². The molecule has 3 aromatic rings. The van der Waals surface area contributed by atoms with Crippen LogP contribution in [0.5, 0.6) is 0 Å². The Kier molecular flexibility index (Phi) is 7.86. The molecule has 3 heteroatoms. The van der Waals surface area contributed by atoms with E-state index in [2.05, 4.69) is 92.7 Å². The molecule has 3 aromatic carbocycles. The van der Waals surface area contributed by atoms with E-state index < -0.39 is 0 Å². The molecule has 2 nitrogen and oxygen atoms in total. The van der Waals surface area contributed by atoms with Gasteiger partial charge < -0.3 is 10.6 Å². The Morgan fingerprint density at radius 1 is 0.542 bits per heavy atom. The SMILES string of the molecule is CP.c1ccc(CNc2ccccc2NCc2ccccc2)cc1. The van der Waals surface area contributed by atoms with Gasteiger partial charge >= 0.3 is 0 Å². The smallest absolute Gasteiger partial charge is 0.0578 e. The van der Waals surface area contributed by atoms with Gasteiger partial charge in [-0.2, -0.15) is 0 Å². The molecule has 0 heterocycles. The highest BCUT2D eigenvalue weighted by atomic mass is 31.0. The third kappa shape index (κ3) is 5.72. The van der Waals surface area contributed by atoms with Crippen LogP contribution in [0.2, 0.25) is 0 Å².